The van der Waals surface area contributed by atoms with Gasteiger partial charge in [-0.25, -0.2) is 9.79 Å². The number of hydrogen-bond donors (Lipinski definition) is 2. The summed E-state index contributed by atoms with van der Waals surface area (Å²) in [6, 6.07) is 9.98. The van der Waals surface area contributed by atoms with Gasteiger partial charge >= 0.3 is 5.97 Å². The molecule has 0 bridgehead atoms. The average Bonchev–Trinajstić information content (AvgIpc) is 2.74. The van der Waals surface area contributed by atoms with E-state index in [0.29, 0.717) is 24.1 Å². The van der Waals surface area contributed by atoms with Crippen molar-refractivity contribution in [2.45, 2.75) is 39.7 Å². The van der Waals surface area contributed by atoms with Crippen molar-refractivity contribution in [2.24, 2.45) is 10.9 Å². The number of rotatable bonds is 5. The Labute approximate surface area is 172 Å². The van der Waals surface area contributed by atoms with Gasteiger partial charge in [-0.2, -0.15) is 5.26 Å². The Morgan fingerprint density at radius 3 is 2.83 bits per heavy atom. The smallest absolute Gasteiger partial charge is 0.351 e. The lowest BCUT2D eigenvalue weighted by atomic mass is 10.1. The van der Waals surface area contributed by atoms with Gasteiger partial charge in [0, 0.05) is 25.7 Å². The molecule has 2 heterocycles. The lowest BCUT2D eigenvalue weighted by Crippen LogP contribution is -2.52. The minimum Gasteiger partial charge on any atom is -0.461 e. The van der Waals surface area contributed by atoms with Crippen LogP contribution in [-0.2, 0) is 9.53 Å². The number of ether oxygens (including phenoxy) is 1. The second-order valence-corrected chi connectivity index (χ2v) is 7.52. The molecule has 0 radical (unpaired) electrons. The highest BCUT2D eigenvalue weighted by Crippen LogP contribution is 2.33. The van der Waals surface area contributed by atoms with Crippen LogP contribution in [0.25, 0.3) is 0 Å². The summed E-state index contributed by atoms with van der Waals surface area (Å²) in [5, 5.41) is 16.5. The first-order valence-corrected chi connectivity index (χ1v) is 10.3. The molecule has 0 saturated carbocycles. The third-order valence-electron chi connectivity index (χ3n) is 5.45. The highest BCUT2D eigenvalue weighted by molar-refractivity contribution is 6.12. The number of fused-ring (bicyclic) bond motifs is 1. The molecule has 1 saturated heterocycles. The third kappa shape index (κ3) is 4.77. The summed E-state index contributed by atoms with van der Waals surface area (Å²) in [5.74, 6) is 0.316. The molecule has 7 nitrogen and oxygen atoms in total. The summed E-state index contributed by atoms with van der Waals surface area (Å²) in [5.41, 5.74) is 1.96. The van der Waals surface area contributed by atoms with Gasteiger partial charge in [-0.15, -0.1) is 0 Å². The van der Waals surface area contributed by atoms with Gasteiger partial charge in [-0.05, 0) is 25.0 Å². The zero-order valence-corrected chi connectivity index (χ0v) is 17.4. The van der Waals surface area contributed by atoms with E-state index in [1.165, 1.54) is 0 Å². The van der Waals surface area contributed by atoms with Crippen LogP contribution in [0.3, 0.4) is 0 Å². The number of piperazine rings is 1. The number of aliphatic imine (C=N–C) groups is 1. The van der Waals surface area contributed by atoms with E-state index >= 15 is 0 Å². The molecule has 1 atom stereocenters. The maximum atomic E-state index is 12.8. The summed E-state index contributed by atoms with van der Waals surface area (Å²) in [6.45, 7) is 8.87. The van der Waals surface area contributed by atoms with E-state index in [-0.39, 0.29) is 11.6 Å². The summed E-state index contributed by atoms with van der Waals surface area (Å²) in [7, 11) is 0. The fourth-order valence-corrected chi connectivity index (χ4v) is 3.56. The molecular formula is C22H29N5O2. The number of esters is 1. The van der Waals surface area contributed by atoms with Gasteiger partial charge in [0.05, 0.1) is 18.0 Å². The molecule has 2 N–H and O–H groups in total. The molecule has 2 aliphatic rings. The minimum absolute atomic E-state index is 0.0320. The highest BCUT2D eigenvalue weighted by atomic mass is 16.5. The molecule has 0 unspecified atom stereocenters. The van der Waals surface area contributed by atoms with Crippen molar-refractivity contribution in [3.8, 4) is 6.07 Å². The third-order valence-corrected chi connectivity index (χ3v) is 5.45. The molecule has 29 heavy (non-hydrogen) atoms. The molecule has 0 aromatic heterocycles. The van der Waals surface area contributed by atoms with Crippen molar-refractivity contribution < 1.29 is 9.53 Å². The fraction of sp³-hybridized carbons (Fsp3) is 0.500. The van der Waals surface area contributed by atoms with Crippen LogP contribution < -0.4 is 10.6 Å². The van der Waals surface area contributed by atoms with Crippen LogP contribution in [0.5, 0.6) is 0 Å². The highest BCUT2D eigenvalue weighted by Gasteiger charge is 2.30. The summed E-state index contributed by atoms with van der Waals surface area (Å²) < 4.78 is 5.49. The van der Waals surface area contributed by atoms with Gasteiger partial charge < -0.3 is 20.3 Å². The number of carbonyl (C=O) groups is 1. The van der Waals surface area contributed by atoms with Crippen molar-refractivity contribution in [1.29, 1.82) is 5.26 Å². The number of anilines is 1. The van der Waals surface area contributed by atoms with E-state index < -0.39 is 5.97 Å². The van der Waals surface area contributed by atoms with E-state index in [0.717, 1.165) is 43.9 Å². The van der Waals surface area contributed by atoms with Crippen LogP contribution >= 0.6 is 0 Å². The number of nitrogens with zero attached hydrogens (tertiary/aromatic N) is 3. The molecule has 154 valence electrons. The molecule has 0 aliphatic carbocycles. The monoisotopic (exact) mass is 395 g/mol. The second-order valence-electron chi connectivity index (χ2n) is 7.52. The fourth-order valence-electron chi connectivity index (χ4n) is 3.56. The molecule has 7 heteroatoms. The number of para-hydroxylation sites is 2. The Kier molecular flexibility index (Phi) is 6.89. The molecule has 1 fully saturated rings. The predicted octanol–water partition coefficient (Wildman–Crippen LogP) is 3.19. The van der Waals surface area contributed by atoms with Crippen LogP contribution in [-0.4, -0.2) is 49.0 Å². The average molecular weight is 396 g/mol. The van der Waals surface area contributed by atoms with Gasteiger partial charge in [-0.3, -0.25) is 0 Å². The summed E-state index contributed by atoms with van der Waals surface area (Å²) in [6.07, 6.45) is 1.86. The van der Waals surface area contributed by atoms with Crippen molar-refractivity contribution in [3.05, 3.63) is 35.5 Å². The minimum atomic E-state index is -0.600. The Balaban J connectivity index is 1.96. The van der Waals surface area contributed by atoms with E-state index in [4.69, 9.17) is 9.73 Å². The van der Waals surface area contributed by atoms with Crippen LogP contribution in [0.2, 0.25) is 0 Å². The first-order chi connectivity index (χ1) is 14.1. The molecule has 3 rings (SSSR count). The van der Waals surface area contributed by atoms with Crippen molar-refractivity contribution in [2.75, 3.05) is 31.6 Å². The Bertz CT molecular complexity index is 851. The molecular weight excluding hydrogens is 366 g/mol. The maximum Gasteiger partial charge on any atom is 0.351 e. The normalized spacial score (nSPS) is 20.3. The number of hydrogen-bond acceptors (Lipinski definition) is 7. The number of nitrogens with one attached hydrogen (secondary N) is 2. The Morgan fingerprint density at radius 2 is 2.14 bits per heavy atom. The van der Waals surface area contributed by atoms with Gasteiger partial charge in [0.15, 0.2) is 11.4 Å². The maximum absolute atomic E-state index is 12.8. The number of benzene rings is 1. The molecule has 1 aromatic rings. The van der Waals surface area contributed by atoms with E-state index in [1.807, 2.05) is 24.3 Å². The van der Waals surface area contributed by atoms with Gasteiger partial charge in [-0.1, -0.05) is 38.8 Å². The molecule has 0 amide bonds. The lowest BCUT2D eigenvalue weighted by Gasteiger charge is -2.36. The SMILES string of the molecule is CCC(CC)COC(=O)/C(C#N)=C1\Nc2ccccc2N=C1N1CCN[C@@H](C)C1. The number of amidine groups is 1. The van der Waals surface area contributed by atoms with Crippen LogP contribution in [0, 0.1) is 17.2 Å². The zero-order valence-electron chi connectivity index (χ0n) is 17.4. The predicted molar refractivity (Wildman–Crippen MR) is 114 cm³/mol. The van der Waals surface area contributed by atoms with Crippen molar-refractivity contribution >= 4 is 23.2 Å². The second kappa shape index (κ2) is 9.57. The van der Waals surface area contributed by atoms with Crippen LogP contribution in [0.4, 0.5) is 11.4 Å². The van der Waals surface area contributed by atoms with Gasteiger partial charge in [0.2, 0.25) is 0 Å². The zero-order chi connectivity index (χ0) is 20.8. The largest absolute Gasteiger partial charge is 0.461 e. The van der Waals surface area contributed by atoms with Crippen molar-refractivity contribution in [1.82, 2.24) is 10.2 Å². The Morgan fingerprint density at radius 1 is 1.38 bits per heavy atom. The quantitative estimate of drug-likeness (QED) is 0.452. The van der Waals surface area contributed by atoms with Crippen LogP contribution in [0.15, 0.2) is 40.5 Å². The standard InChI is InChI=1S/C22H29N5O2/c1-4-16(5-2)14-29-22(28)17(12-23)20-21(27-11-10-24-15(3)13-27)26-19-9-7-6-8-18(19)25-20/h6-9,15-16,24-25H,4-5,10-11,13-14H2,1-3H3/b20-17-/t15-/m0/s1. The first-order valence-electron chi connectivity index (χ1n) is 10.3. The number of carbonyl (C=O) groups excluding carboxylic acids is 1. The summed E-state index contributed by atoms with van der Waals surface area (Å²) in [4.78, 5) is 19.7. The topological polar surface area (TPSA) is 89.8 Å². The summed E-state index contributed by atoms with van der Waals surface area (Å²) >= 11 is 0. The lowest BCUT2D eigenvalue weighted by molar-refractivity contribution is -0.140. The molecule has 2 aliphatic heterocycles. The first kappa shape index (κ1) is 20.9. The van der Waals surface area contributed by atoms with E-state index in [1.54, 1.807) is 0 Å². The van der Waals surface area contributed by atoms with E-state index in [2.05, 4.69) is 42.4 Å². The Hall–Kier alpha value is -2.85. The molecule has 1 aromatic carbocycles. The number of nitriles is 1. The van der Waals surface area contributed by atoms with Gasteiger partial charge in [0.25, 0.3) is 0 Å². The molecule has 0 spiro atoms. The van der Waals surface area contributed by atoms with Crippen molar-refractivity contribution in [3.63, 3.8) is 0 Å². The van der Waals surface area contributed by atoms with Gasteiger partial charge in [0.1, 0.15) is 11.8 Å². The van der Waals surface area contributed by atoms with E-state index in [9.17, 15) is 10.1 Å². The van der Waals surface area contributed by atoms with Crippen LogP contribution in [0.1, 0.15) is 33.6 Å².